The normalized spacial score (nSPS) is 16.1. The summed E-state index contributed by atoms with van der Waals surface area (Å²) in [5, 5.41) is 8.66. The molecule has 0 atom stereocenters. The van der Waals surface area contributed by atoms with Crippen LogP contribution in [0.2, 0.25) is 0 Å². The van der Waals surface area contributed by atoms with Crippen LogP contribution in [-0.2, 0) is 14.8 Å². The standard InChI is InChI=1S/C10H9F2NO5S/c11-6-1-2-7(9(12)8(6)10(14)15)19(16,17)13-5-3-18-4-5/h1-2,5,13H,3-4H2,(H,14,15). The third-order valence-corrected chi connectivity index (χ3v) is 4.06. The molecular weight excluding hydrogens is 284 g/mol. The first kappa shape index (κ1) is 13.8. The fourth-order valence-electron chi connectivity index (χ4n) is 1.52. The van der Waals surface area contributed by atoms with Gasteiger partial charge in [-0.05, 0) is 12.1 Å². The molecule has 1 aromatic carbocycles. The quantitative estimate of drug-likeness (QED) is 0.835. The molecule has 1 saturated heterocycles. The molecule has 6 nitrogen and oxygen atoms in total. The maximum atomic E-state index is 13.8. The molecule has 2 N–H and O–H groups in total. The molecule has 0 aromatic heterocycles. The van der Waals surface area contributed by atoms with E-state index >= 15 is 0 Å². The number of sulfonamides is 1. The molecular formula is C10H9F2NO5S. The van der Waals surface area contributed by atoms with Crippen LogP contribution in [-0.4, -0.2) is 38.7 Å². The predicted octanol–water partition coefficient (Wildman–Crippen LogP) is 0.340. The van der Waals surface area contributed by atoms with Crippen molar-refractivity contribution >= 4 is 16.0 Å². The Morgan fingerprint density at radius 1 is 1.37 bits per heavy atom. The minimum absolute atomic E-state index is 0.147. The highest BCUT2D eigenvalue weighted by atomic mass is 32.2. The fraction of sp³-hybridized carbons (Fsp3) is 0.300. The molecule has 9 heteroatoms. The lowest BCUT2D eigenvalue weighted by Gasteiger charge is -2.26. The van der Waals surface area contributed by atoms with Crippen LogP contribution < -0.4 is 4.72 Å². The molecule has 0 spiro atoms. The largest absolute Gasteiger partial charge is 0.477 e. The average molecular weight is 293 g/mol. The second kappa shape index (κ2) is 4.83. The summed E-state index contributed by atoms with van der Waals surface area (Å²) >= 11 is 0. The zero-order valence-corrected chi connectivity index (χ0v) is 10.2. The Labute approximate surface area is 107 Å². The van der Waals surface area contributed by atoms with Crippen molar-refractivity contribution in [2.24, 2.45) is 0 Å². The van der Waals surface area contributed by atoms with Gasteiger partial charge in [0.25, 0.3) is 0 Å². The van der Waals surface area contributed by atoms with Crippen LogP contribution in [0.4, 0.5) is 8.78 Å². The van der Waals surface area contributed by atoms with Gasteiger partial charge in [0.05, 0.1) is 19.3 Å². The SMILES string of the molecule is O=C(O)c1c(F)ccc(S(=O)(=O)NC2COC2)c1F. The van der Waals surface area contributed by atoms with Crippen LogP contribution in [0.25, 0.3) is 0 Å². The van der Waals surface area contributed by atoms with E-state index < -0.39 is 44.1 Å². The van der Waals surface area contributed by atoms with Gasteiger partial charge in [0, 0.05) is 0 Å². The topological polar surface area (TPSA) is 92.7 Å². The zero-order valence-electron chi connectivity index (χ0n) is 9.39. The molecule has 0 bridgehead atoms. The Hall–Kier alpha value is -1.58. The number of halogens is 2. The highest BCUT2D eigenvalue weighted by molar-refractivity contribution is 7.89. The lowest BCUT2D eigenvalue weighted by molar-refractivity contribution is 0.00479. The number of nitrogens with one attached hydrogen (secondary N) is 1. The van der Waals surface area contributed by atoms with Gasteiger partial charge < -0.3 is 9.84 Å². The van der Waals surface area contributed by atoms with Gasteiger partial charge >= 0.3 is 5.97 Å². The number of benzene rings is 1. The zero-order chi connectivity index (χ0) is 14.2. The van der Waals surface area contributed by atoms with E-state index in [9.17, 15) is 22.0 Å². The first-order valence-corrected chi connectivity index (χ1v) is 6.62. The number of carboxylic acid groups (broad SMARTS) is 1. The van der Waals surface area contributed by atoms with Crippen LogP contribution in [0.1, 0.15) is 10.4 Å². The number of ether oxygens (including phenoxy) is 1. The molecule has 1 aliphatic heterocycles. The monoisotopic (exact) mass is 293 g/mol. The first-order chi connectivity index (χ1) is 8.83. The van der Waals surface area contributed by atoms with Gasteiger partial charge in [-0.1, -0.05) is 0 Å². The van der Waals surface area contributed by atoms with Crippen LogP contribution in [0.15, 0.2) is 17.0 Å². The molecule has 2 rings (SSSR count). The average Bonchev–Trinajstić information content (AvgIpc) is 2.23. The Balaban J connectivity index is 2.44. The highest BCUT2D eigenvalue weighted by Gasteiger charge is 2.30. The van der Waals surface area contributed by atoms with Gasteiger partial charge in [-0.2, -0.15) is 0 Å². The summed E-state index contributed by atoms with van der Waals surface area (Å²) in [6, 6.07) is 0.778. The molecule has 0 aliphatic carbocycles. The second-order valence-corrected chi connectivity index (χ2v) is 5.58. The first-order valence-electron chi connectivity index (χ1n) is 5.14. The van der Waals surface area contributed by atoms with Crippen molar-refractivity contribution in [1.82, 2.24) is 4.72 Å². The molecule has 0 saturated carbocycles. The third-order valence-electron chi connectivity index (χ3n) is 2.52. The van der Waals surface area contributed by atoms with Gasteiger partial charge in [0.15, 0.2) is 5.82 Å². The Kier molecular flexibility index (Phi) is 3.52. The Morgan fingerprint density at radius 2 is 2.00 bits per heavy atom. The fourth-order valence-corrected chi connectivity index (χ4v) is 2.81. The minimum atomic E-state index is -4.26. The summed E-state index contributed by atoms with van der Waals surface area (Å²) in [7, 11) is -4.26. The van der Waals surface area contributed by atoms with Gasteiger partial charge in [-0.25, -0.2) is 26.7 Å². The molecule has 0 amide bonds. The molecule has 104 valence electrons. The Morgan fingerprint density at radius 3 is 2.47 bits per heavy atom. The van der Waals surface area contributed by atoms with Crippen molar-refractivity contribution in [1.29, 1.82) is 0 Å². The van der Waals surface area contributed by atoms with E-state index in [1.54, 1.807) is 0 Å². The number of hydrogen-bond acceptors (Lipinski definition) is 4. The smallest absolute Gasteiger partial charge is 0.341 e. The maximum Gasteiger partial charge on any atom is 0.341 e. The third kappa shape index (κ3) is 2.57. The van der Waals surface area contributed by atoms with Crippen molar-refractivity contribution in [2.75, 3.05) is 13.2 Å². The number of hydrogen-bond donors (Lipinski definition) is 2. The molecule has 1 heterocycles. The molecule has 0 unspecified atom stereocenters. The van der Waals surface area contributed by atoms with E-state index in [0.29, 0.717) is 12.1 Å². The summed E-state index contributed by atoms with van der Waals surface area (Å²) < 4.78 is 57.5. The molecule has 1 fully saturated rings. The summed E-state index contributed by atoms with van der Waals surface area (Å²) in [5.74, 6) is -4.84. The van der Waals surface area contributed by atoms with Crippen molar-refractivity contribution < 1.29 is 31.8 Å². The highest BCUT2D eigenvalue weighted by Crippen LogP contribution is 2.21. The van der Waals surface area contributed by atoms with Crippen LogP contribution >= 0.6 is 0 Å². The number of aromatic carboxylic acids is 1. The predicted molar refractivity (Wildman–Crippen MR) is 58.2 cm³/mol. The van der Waals surface area contributed by atoms with Crippen molar-refractivity contribution in [2.45, 2.75) is 10.9 Å². The summed E-state index contributed by atoms with van der Waals surface area (Å²) in [6.07, 6.45) is 0. The lowest BCUT2D eigenvalue weighted by atomic mass is 10.2. The summed E-state index contributed by atoms with van der Waals surface area (Å²) in [6.45, 7) is 0.293. The van der Waals surface area contributed by atoms with E-state index in [1.807, 2.05) is 0 Å². The van der Waals surface area contributed by atoms with E-state index in [2.05, 4.69) is 4.72 Å². The second-order valence-electron chi connectivity index (χ2n) is 3.90. The van der Waals surface area contributed by atoms with Crippen LogP contribution in [0, 0.1) is 11.6 Å². The number of rotatable bonds is 4. The number of carbonyl (C=O) groups is 1. The summed E-state index contributed by atoms with van der Waals surface area (Å²) in [5.41, 5.74) is -1.30. The van der Waals surface area contributed by atoms with E-state index in [1.165, 1.54) is 0 Å². The lowest BCUT2D eigenvalue weighted by Crippen LogP contribution is -2.48. The summed E-state index contributed by atoms with van der Waals surface area (Å²) in [4.78, 5) is 9.79. The van der Waals surface area contributed by atoms with Crippen LogP contribution in [0.3, 0.4) is 0 Å². The van der Waals surface area contributed by atoms with Gasteiger partial charge in [-0.15, -0.1) is 0 Å². The van der Waals surface area contributed by atoms with Crippen molar-refractivity contribution in [3.63, 3.8) is 0 Å². The maximum absolute atomic E-state index is 13.8. The van der Waals surface area contributed by atoms with Gasteiger partial charge in [0.1, 0.15) is 16.3 Å². The van der Waals surface area contributed by atoms with E-state index in [-0.39, 0.29) is 13.2 Å². The molecule has 1 aromatic rings. The van der Waals surface area contributed by atoms with E-state index in [0.717, 1.165) is 0 Å². The minimum Gasteiger partial charge on any atom is -0.477 e. The molecule has 19 heavy (non-hydrogen) atoms. The van der Waals surface area contributed by atoms with Crippen LogP contribution in [0.5, 0.6) is 0 Å². The van der Waals surface area contributed by atoms with Crippen molar-refractivity contribution in [3.8, 4) is 0 Å². The van der Waals surface area contributed by atoms with Gasteiger partial charge in [0.2, 0.25) is 10.0 Å². The molecule has 0 radical (unpaired) electrons. The van der Waals surface area contributed by atoms with E-state index in [4.69, 9.17) is 9.84 Å². The molecule has 1 aliphatic rings. The Bertz CT molecular complexity index is 627. The van der Waals surface area contributed by atoms with Crippen molar-refractivity contribution in [3.05, 3.63) is 29.3 Å². The van der Waals surface area contributed by atoms with Gasteiger partial charge in [-0.3, -0.25) is 0 Å². The number of carboxylic acids is 1.